The second-order valence-corrected chi connectivity index (χ2v) is 7.83. The fraction of sp³-hybridized carbons (Fsp3) is 0.467. The van der Waals surface area contributed by atoms with Crippen LogP contribution in [0.1, 0.15) is 19.8 Å². The molecule has 1 aliphatic rings. The van der Waals surface area contributed by atoms with Crippen molar-refractivity contribution < 1.29 is 27.1 Å². The van der Waals surface area contributed by atoms with Crippen LogP contribution in [-0.4, -0.2) is 37.9 Å². The third kappa shape index (κ3) is 5.31. The van der Waals surface area contributed by atoms with E-state index in [1.807, 2.05) is 0 Å². The number of rotatable bonds is 5. The molecule has 1 aromatic rings. The van der Waals surface area contributed by atoms with Gasteiger partial charge in [0.2, 0.25) is 0 Å². The number of benzene rings is 1. The normalized spacial score (nSPS) is 20.7. The highest BCUT2D eigenvalue weighted by atomic mass is 32.2. The second kappa shape index (κ2) is 7.08. The van der Waals surface area contributed by atoms with Crippen LogP contribution in [0.5, 0.6) is 0 Å². The number of hydrogen-bond donors (Lipinski definition) is 1. The van der Waals surface area contributed by atoms with E-state index >= 15 is 0 Å². The van der Waals surface area contributed by atoms with E-state index < -0.39 is 33.6 Å². The fourth-order valence-corrected chi connectivity index (χ4v) is 4.21. The summed E-state index contributed by atoms with van der Waals surface area (Å²) in [4.78, 5) is 23.7. The van der Waals surface area contributed by atoms with Crippen LogP contribution in [-0.2, 0) is 24.2 Å². The van der Waals surface area contributed by atoms with E-state index in [1.165, 1.54) is 31.2 Å². The first-order valence-electron chi connectivity index (χ1n) is 7.21. The minimum Gasteiger partial charge on any atom is -0.453 e. The number of esters is 1. The summed E-state index contributed by atoms with van der Waals surface area (Å²) in [5.41, 5.74) is 0.390. The molecular formula is C15H18FNO5S. The van der Waals surface area contributed by atoms with Crippen LogP contribution in [0.15, 0.2) is 24.3 Å². The Labute approximate surface area is 133 Å². The molecule has 1 aromatic carbocycles. The highest BCUT2D eigenvalue weighted by Crippen LogP contribution is 2.22. The molecule has 0 aliphatic carbocycles. The zero-order valence-electron chi connectivity index (χ0n) is 12.6. The van der Waals surface area contributed by atoms with Crippen molar-refractivity contribution in [1.82, 2.24) is 0 Å². The number of carbonyl (C=O) groups is 2. The van der Waals surface area contributed by atoms with Gasteiger partial charge in [-0.1, -0.05) is 0 Å². The fourth-order valence-electron chi connectivity index (χ4n) is 2.34. The predicted molar refractivity (Wildman–Crippen MR) is 82.0 cm³/mol. The van der Waals surface area contributed by atoms with Gasteiger partial charge < -0.3 is 10.1 Å². The molecule has 0 bridgehead atoms. The quantitative estimate of drug-likeness (QED) is 0.819. The molecular weight excluding hydrogens is 325 g/mol. The van der Waals surface area contributed by atoms with Crippen molar-refractivity contribution in [3.8, 4) is 0 Å². The first-order chi connectivity index (χ1) is 10.7. The molecule has 0 aromatic heterocycles. The van der Waals surface area contributed by atoms with E-state index in [9.17, 15) is 22.4 Å². The minimum absolute atomic E-state index is 0.0156. The maximum Gasteiger partial charge on any atom is 0.306 e. The average Bonchev–Trinajstić information content (AvgIpc) is 2.80. The van der Waals surface area contributed by atoms with Gasteiger partial charge in [0.1, 0.15) is 5.82 Å². The van der Waals surface area contributed by atoms with Gasteiger partial charge in [0.15, 0.2) is 15.9 Å². The van der Waals surface area contributed by atoms with E-state index in [1.54, 1.807) is 0 Å². The number of halogens is 1. The topological polar surface area (TPSA) is 89.5 Å². The second-order valence-electron chi connectivity index (χ2n) is 5.60. The summed E-state index contributed by atoms with van der Waals surface area (Å²) in [6.45, 7) is 1.42. The molecule has 1 fully saturated rings. The highest BCUT2D eigenvalue weighted by molar-refractivity contribution is 7.91. The van der Waals surface area contributed by atoms with Gasteiger partial charge >= 0.3 is 5.97 Å². The van der Waals surface area contributed by atoms with Crippen molar-refractivity contribution in [1.29, 1.82) is 0 Å². The molecule has 1 amide bonds. The largest absolute Gasteiger partial charge is 0.453 e. The summed E-state index contributed by atoms with van der Waals surface area (Å²) in [7, 11) is -3.05. The van der Waals surface area contributed by atoms with Crippen LogP contribution in [0.4, 0.5) is 10.1 Å². The van der Waals surface area contributed by atoms with Crippen molar-refractivity contribution in [2.45, 2.75) is 25.9 Å². The maximum absolute atomic E-state index is 12.8. The molecule has 1 N–H and O–H groups in total. The Morgan fingerprint density at radius 2 is 2.00 bits per heavy atom. The van der Waals surface area contributed by atoms with E-state index in [4.69, 9.17) is 4.74 Å². The first kappa shape index (κ1) is 17.4. The Morgan fingerprint density at radius 1 is 1.35 bits per heavy atom. The van der Waals surface area contributed by atoms with Gasteiger partial charge in [0, 0.05) is 12.1 Å². The van der Waals surface area contributed by atoms with Gasteiger partial charge in [-0.15, -0.1) is 0 Å². The van der Waals surface area contributed by atoms with Crippen molar-refractivity contribution in [2.24, 2.45) is 5.92 Å². The van der Waals surface area contributed by atoms with E-state index in [0.29, 0.717) is 12.1 Å². The van der Waals surface area contributed by atoms with E-state index in [-0.39, 0.29) is 23.8 Å². The molecule has 0 unspecified atom stereocenters. The number of hydrogen-bond acceptors (Lipinski definition) is 5. The number of carbonyl (C=O) groups excluding carboxylic acids is 2. The molecule has 2 atom stereocenters. The summed E-state index contributed by atoms with van der Waals surface area (Å²) in [5, 5.41) is 2.50. The van der Waals surface area contributed by atoms with Gasteiger partial charge in [-0.3, -0.25) is 9.59 Å². The predicted octanol–water partition coefficient (Wildman–Crippen LogP) is 1.52. The Kier molecular flexibility index (Phi) is 5.35. The number of sulfone groups is 1. The first-order valence-corrected chi connectivity index (χ1v) is 9.03. The molecule has 0 spiro atoms. The van der Waals surface area contributed by atoms with Crippen LogP contribution in [0, 0.1) is 11.7 Å². The smallest absolute Gasteiger partial charge is 0.306 e. The molecule has 126 valence electrons. The van der Waals surface area contributed by atoms with Crippen molar-refractivity contribution >= 4 is 27.4 Å². The lowest BCUT2D eigenvalue weighted by Crippen LogP contribution is -2.30. The summed E-state index contributed by atoms with van der Waals surface area (Å²) in [5.74, 6) is -1.74. The van der Waals surface area contributed by atoms with E-state index in [0.717, 1.165) is 0 Å². The number of ether oxygens (including phenoxy) is 1. The molecule has 2 rings (SSSR count). The maximum atomic E-state index is 12.8. The lowest BCUT2D eigenvalue weighted by molar-refractivity contribution is -0.153. The number of amides is 1. The van der Waals surface area contributed by atoms with Crippen LogP contribution < -0.4 is 5.32 Å². The van der Waals surface area contributed by atoms with Crippen LogP contribution in [0.2, 0.25) is 0 Å². The standard InChI is InChI=1S/C15H18FNO5S/c1-10(15(19)17-13-4-2-12(16)3-5-13)22-14(18)8-11-6-7-23(20,21)9-11/h2-5,10-11H,6-9H2,1H3,(H,17,19)/t10-,11-/m0/s1. The van der Waals surface area contributed by atoms with Gasteiger partial charge in [-0.2, -0.15) is 0 Å². The third-order valence-electron chi connectivity index (χ3n) is 3.57. The Hall–Kier alpha value is -1.96. The zero-order chi connectivity index (χ0) is 17.0. The van der Waals surface area contributed by atoms with Gasteiger partial charge in [-0.25, -0.2) is 12.8 Å². The summed E-state index contributed by atoms with van der Waals surface area (Å²) >= 11 is 0. The SMILES string of the molecule is C[C@H](OC(=O)C[C@@H]1CCS(=O)(=O)C1)C(=O)Nc1ccc(F)cc1. The average molecular weight is 343 g/mol. The molecule has 6 nitrogen and oxygen atoms in total. The Morgan fingerprint density at radius 3 is 2.57 bits per heavy atom. The lowest BCUT2D eigenvalue weighted by atomic mass is 10.1. The molecule has 1 saturated heterocycles. The Bertz CT molecular complexity index is 686. The summed E-state index contributed by atoms with van der Waals surface area (Å²) in [6.07, 6.45) is -0.605. The van der Waals surface area contributed by atoms with Crippen molar-refractivity contribution in [2.75, 3.05) is 16.8 Å². The molecule has 23 heavy (non-hydrogen) atoms. The van der Waals surface area contributed by atoms with Gasteiger partial charge in [-0.05, 0) is 43.5 Å². The highest BCUT2D eigenvalue weighted by Gasteiger charge is 2.30. The zero-order valence-corrected chi connectivity index (χ0v) is 13.4. The number of nitrogens with one attached hydrogen (secondary N) is 1. The lowest BCUT2D eigenvalue weighted by Gasteiger charge is -2.14. The van der Waals surface area contributed by atoms with Crippen LogP contribution >= 0.6 is 0 Å². The molecule has 0 saturated carbocycles. The van der Waals surface area contributed by atoms with Crippen molar-refractivity contribution in [3.63, 3.8) is 0 Å². The summed E-state index contributed by atoms with van der Waals surface area (Å²) < 4.78 is 40.5. The van der Waals surface area contributed by atoms with Crippen LogP contribution in [0.25, 0.3) is 0 Å². The van der Waals surface area contributed by atoms with Gasteiger partial charge in [0.05, 0.1) is 11.5 Å². The van der Waals surface area contributed by atoms with E-state index in [2.05, 4.69) is 5.32 Å². The monoisotopic (exact) mass is 343 g/mol. The molecule has 0 radical (unpaired) electrons. The van der Waals surface area contributed by atoms with Crippen molar-refractivity contribution in [3.05, 3.63) is 30.1 Å². The molecule has 8 heteroatoms. The van der Waals surface area contributed by atoms with Gasteiger partial charge in [0.25, 0.3) is 5.91 Å². The summed E-state index contributed by atoms with van der Waals surface area (Å²) in [6, 6.07) is 5.19. The van der Waals surface area contributed by atoms with Crippen LogP contribution in [0.3, 0.4) is 0 Å². The molecule has 1 aliphatic heterocycles. The number of anilines is 1. The minimum atomic E-state index is -3.05. The third-order valence-corrected chi connectivity index (χ3v) is 5.41. The molecule has 1 heterocycles. The Balaban J connectivity index is 1.81.